The van der Waals surface area contributed by atoms with Crippen molar-refractivity contribution in [1.82, 2.24) is 0 Å². The molecule has 0 fully saturated rings. The maximum absolute atomic E-state index is 2.33. The van der Waals surface area contributed by atoms with Crippen LogP contribution >= 0.6 is 11.3 Å². The number of benzene rings is 5. The molecular formula is C24H14S. The fourth-order valence-corrected chi connectivity index (χ4v) is 4.68. The third kappa shape index (κ3) is 2.00. The van der Waals surface area contributed by atoms with Crippen LogP contribution < -0.4 is 0 Å². The maximum Gasteiger partial charge on any atom is -0.00143 e. The summed E-state index contributed by atoms with van der Waals surface area (Å²) in [5.74, 6) is 0. The van der Waals surface area contributed by atoms with Gasteiger partial charge in [0.15, 0.2) is 0 Å². The summed E-state index contributed by atoms with van der Waals surface area (Å²) in [5.41, 5.74) is 0. The minimum Gasteiger partial charge on any atom is -0.151 e. The van der Waals surface area contributed by atoms with Gasteiger partial charge in [0.2, 0.25) is 0 Å². The van der Waals surface area contributed by atoms with Crippen LogP contribution in [-0.2, 0) is 0 Å². The zero-order valence-electron chi connectivity index (χ0n) is 13.5. The molecule has 0 atom stereocenters. The Kier molecular flexibility index (Phi) is 2.58. The lowest BCUT2D eigenvalue weighted by molar-refractivity contribution is 1.79. The second kappa shape index (κ2) is 4.81. The van der Waals surface area contributed by atoms with Gasteiger partial charge in [0.25, 0.3) is 0 Å². The van der Waals surface area contributed by atoms with Gasteiger partial charge in [-0.1, -0.05) is 24.3 Å². The van der Waals surface area contributed by atoms with Crippen LogP contribution in [0.4, 0.5) is 0 Å². The second-order valence-electron chi connectivity index (χ2n) is 6.80. The van der Waals surface area contributed by atoms with Crippen LogP contribution in [0, 0.1) is 0 Å². The molecule has 0 spiro atoms. The quantitative estimate of drug-likeness (QED) is 0.252. The molecule has 5 aromatic carbocycles. The predicted molar refractivity (Wildman–Crippen MR) is 112 cm³/mol. The van der Waals surface area contributed by atoms with E-state index in [-0.39, 0.29) is 0 Å². The summed E-state index contributed by atoms with van der Waals surface area (Å²) in [5, 5.41) is 17.6. The van der Waals surface area contributed by atoms with Crippen molar-refractivity contribution in [3.8, 4) is 0 Å². The van der Waals surface area contributed by atoms with Gasteiger partial charge in [0.05, 0.1) is 0 Å². The Bertz CT molecular complexity index is 1330. The SMILES string of the molecule is c1ccc2cc3cc4cc5cc6cscc6cc5cc4cc3cc2c1. The smallest absolute Gasteiger partial charge is 0.00143 e. The molecule has 0 unspecified atom stereocenters. The van der Waals surface area contributed by atoms with Crippen LogP contribution in [0.5, 0.6) is 0 Å². The summed E-state index contributed by atoms with van der Waals surface area (Å²) < 4.78 is 0. The van der Waals surface area contributed by atoms with Crippen molar-refractivity contribution in [1.29, 1.82) is 0 Å². The molecule has 25 heavy (non-hydrogen) atoms. The van der Waals surface area contributed by atoms with E-state index in [1.165, 1.54) is 53.9 Å². The molecule has 0 aliphatic rings. The summed E-state index contributed by atoms with van der Waals surface area (Å²) in [6.07, 6.45) is 0. The summed E-state index contributed by atoms with van der Waals surface area (Å²) in [6, 6.07) is 27.1. The van der Waals surface area contributed by atoms with Gasteiger partial charge in [-0.05, 0) is 113 Å². The zero-order chi connectivity index (χ0) is 16.4. The summed E-state index contributed by atoms with van der Waals surface area (Å²) in [4.78, 5) is 0. The predicted octanol–water partition coefficient (Wildman–Crippen LogP) is 7.51. The van der Waals surface area contributed by atoms with E-state index in [0.717, 1.165) is 0 Å². The topological polar surface area (TPSA) is 0 Å². The van der Waals surface area contributed by atoms with Crippen molar-refractivity contribution in [2.45, 2.75) is 0 Å². The first-order valence-corrected chi connectivity index (χ1v) is 9.44. The van der Waals surface area contributed by atoms with Crippen LogP contribution in [0.15, 0.2) is 83.6 Å². The van der Waals surface area contributed by atoms with Gasteiger partial charge >= 0.3 is 0 Å². The van der Waals surface area contributed by atoms with Gasteiger partial charge in [-0.2, -0.15) is 11.3 Å². The highest BCUT2D eigenvalue weighted by atomic mass is 32.1. The van der Waals surface area contributed by atoms with Gasteiger partial charge in [-0.3, -0.25) is 0 Å². The molecule has 116 valence electrons. The molecular weight excluding hydrogens is 320 g/mol. The fraction of sp³-hybridized carbons (Fsp3) is 0. The van der Waals surface area contributed by atoms with E-state index in [4.69, 9.17) is 0 Å². The molecule has 0 saturated carbocycles. The Labute approximate surface area is 148 Å². The van der Waals surface area contributed by atoms with Crippen LogP contribution in [-0.4, -0.2) is 0 Å². The van der Waals surface area contributed by atoms with Crippen LogP contribution in [0.25, 0.3) is 53.9 Å². The summed E-state index contributed by atoms with van der Waals surface area (Å²) in [7, 11) is 0. The van der Waals surface area contributed by atoms with Crippen molar-refractivity contribution < 1.29 is 0 Å². The lowest BCUT2D eigenvalue weighted by atomic mass is 9.97. The van der Waals surface area contributed by atoms with Crippen molar-refractivity contribution in [2.75, 3.05) is 0 Å². The Morgan fingerprint density at radius 1 is 0.360 bits per heavy atom. The van der Waals surface area contributed by atoms with Crippen LogP contribution in [0.3, 0.4) is 0 Å². The molecule has 1 heterocycles. The van der Waals surface area contributed by atoms with E-state index in [2.05, 4.69) is 83.6 Å². The van der Waals surface area contributed by atoms with Crippen molar-refractivity contribution in [2.24, 2.45) is 0 Å². The minimum atomic E-state index is 1.30. The number of thiophene rings is 1. The molecule has 0 bridgehead atoms. The maximum atomic E-state index is 2.33. The molecule has 0 nitrogen and oxygen atoms in total. The first-order valence-electron chi connectivity index (χ1n) is 8.49. The van der Waals surface area contributed by atoms with Gasteiger partial charge in [0.1, 0.15) is 0 Å². The van der Waals surface area contributed by atoms with Crippen LogP contribution in [0.1, 0.15) is 0 Å². The van der Waals surface area contributed by atoms with E-state index >= 15 is 0 Å². The molecule has 6 rings (SSSR count). The number of hydrogen-bond acceptors (Lipinski definition) is 1. The number of hydrogen-bond donors (Lipinski definition) is 0. The first-order chi connectivity index (χ1) is 12.3. The van der Waals surface area contributed by atoms with Crippen molar-refractivity contribution >= 4 is 65.2 Å². The van der Waals surface area contributed by atoms with E-state index in [0.29, 0.717) is 0 Å². The second-order valence-corrected chi connectivity index (χ2v) is 7.54. The lowest BCUT2D eigenvalue weighted by Crippen LogP contribution is -1.80. The number of fused-ring (bicyclic) bond motifs is 5. The normalized spacial score (nSPS) is 12.0. The molecule has 0 N–H and O–H groups in total. The van der Waals surface area contributed by atoms with Gasteiger partial charge < -0.3 is 0 Å². The molecule has 1 aromatic heterocycles. The van der Waals surface area contributed by atoms with Gasteiger partial charge in [-0.15, -0.1) is 0 Å². The average molecular weight is 334 g/mol. The Morgan fingerprint density at radius 2 is 0.680 bits per heavy atom. The molecule has 0 amide bonds. The first kappa shape index (κ1) is 13.4. The van der Waals surface area contributed by atoms with Crippen LogP contribution in [0.2, 0.25) is 0 Å². The van der Waals surface area contributed by atoms with E-state index in [1.54, 1.807) is 11.3 Å². The molecule has 1 heteroatoms. The average Bonchev–Trinajstić information content (AvgIpc) is 3.08. The Hall–Kier alpha value is -2.90. The summed E-state index contributed by atoms with van der Waals surface area (Å²) >= 11 is 1.77. The van der Waals surface area contributed by atoms with E-state index in [1.807, 2.05) is 0 Å². The highest BCUT2D eigenvalue weighted by Gasteiger charge is 2.05. The Morgan fingerprint density at radius 3 is 1.08 bits per heavy atom. The third-order valence-corrected chi connectivity index (χ3v) is 5.99. The van der Waals surface area contributed by atoms with Gasteiger partial charge in [-0.25, -0.2) is 0 Å². The van der Waals surface area contributed by atoms with Gasteiger partial charge in [0, 0.05) is 0 Å². The molecule has 0 saturated heterocycles. The zero-order valence-corrected chi connectivity index (χ0v) is 14.3. The largest absolute Gasteiger partial charge is 0.151 e. The summed E-state index contributed by atoms with van der Waals surface area (Å²) in [6.45, 7) is 0. The molecule has 0 radical (unpaired) electrons. The van der Waals surface area contributed by atoms with E-state index in [9.17, 15) is 0 Å². The van der Waals surface area contributed by atoms with Crippen molar-refractivity contribution in [3.05, 3.63) is 83.6 Å². The highest BCUT2D eigenvalue weighted by Crippen LogP contribution is 2.32. The lowest BCUT2D eigenvalue weighted by Gasteiger charge is -2.07. The number of rotatable bonds is 0. The minimum absolute atomic E-state index is 1.30. The monoisotopic (exact) mass is 334 g/mol. The highest BCUT2D eigenvalue weighted by molar-refractivity contribution is 7.09. The molecule has 0 aliphatic carbocycles. The standard InChI is InChI=1S/C24H14S/c1-2-4-16-6-18-8-20-10-22-12-24-14-25-13-23(24)11-21(22)9-19(20)7-17(18)5-15(16)3-1/h1-14H. The molecule has 6 aromatic rings. The van der Waals surface area contributed by atoms with E-state index < -0.39 is 0 Å². The Balaban J connectivity index is 1.74. The fourth-order valence-electron chi connectivity index (χ4n) is 3.92. The molecule has 0 aliphatic heterocycles. The van der Waals surface area contributed by atoms with Crippen molar-refractivity contribution in [3.63, 3.8) is 0 Å². The third-order valence-electron chi connectivity index (χ3n) is 5.21.